The molecule has 0 aliphatic carbocycles. The number of nitrogens with one attached hydrogen (secondary N) is 4. The van der Waals surface area contributed by atoms with E-state index in [1.165, 1.54) is 0 Å². The molecular weight excluding hydrogens is 372 g/mol. The molecule has 29 heavy (non-hydrogen) atoms. The fourth-order valence-corrected chi connectivity index (χ4v) is 3.98. The Bertz CT molecular complexity index is 934. The SMILES string of the molecule is Cc1ccc([C@@H]2NC(=O)N[C@@H](c3ccc(C)cc3)C23C(=O)NC(=O)NC3=O)cc1. The van der Waals surface area contributed by atoms with Gasteiger partial charge in [-0.2, -0.15) is 0 Å². The van der Waals surface area contributed by atoms with E-state index in [1.54, 1.807) is 24.3 Å². The Morgan fingerprint density at radius 1 is 0.621 bits per heavy atom. The van der Waals surface area contributed by atoms with Crippen molar-refractivity contribution in [1.29, 1.82) is 0 Å². The van der Waals surface area contributed by atoms with Gasteiger partial charge >= 0.3 is 12.1 Å². The number of amides is 6. The average molecular weight is 392 g/mol. The molecule has 2 heterocycles. The van der Waals surface area contributed by atoms with Crippen molar-refractivity contribution in [2.24, 2.45) is 5.41 Å². The molecule has 1 spiro atoms. The molecule has 2 aromatic rings. The zero-order valence-electron chi connectivity index (χ0n) is 15.9. The Kier molecular flexibility index (Phi) is 4.34. The number of carbonyl (C=O) groups is 4. The van der Waals surface area contributed by atoms with E-state index in [0.29, 0.717) is 11.1 Å². The van der Waals surface area contributed by atoms with Gasteiger partial charge in [-0.05, 0) is 25.0 Å². The van der Waals surface area contributed by atoms with Gasteiger partial charge in [0.15, 0.2) is 5.41 Å². The number of carbonyl (C=O) groups excluding carboxylic acids is 4. The summed E-state index contributed by atoms with van der Waals surface area (Å²) in [5, 5.41) is 9.85. The highest BCUT2D eigenvalue weighted by atomic mass is 16.2. The standard InChI is InChI=1S/C21H20N4O4/c1-11-3-7-13(8-4-11)15-21(17(26)24-20(29)25-18(21)27)16(23-19(28)22-15)14-9-5-12(2)6-10-14/h3-10,15-16H,1-2H3,(H2,22,23,28)(H2,24,25,26,27,29)/t15-,16-/m0/s1. The summed E-state index contributed by atoms with van der Waals surface area (Å²) in [5.74, 6) is -1.54. The minimum Gasteiger partial charge on any atom is -0.330 e. The van der Waals surface area contributed by atoms with Crippen LogP contribution in [0.5, 0.6) is 0 Å². The van der Waals surface area contributed by atoms with Gasteiger partial charge in [-0.3, -0.25) is 20.2 Å². The predicted molar refractivity (Wildman–Crippen MR) is 104 cm³/mol. The van der Waals surface area contributed by atoms with E-state index < -0.39 is 41.4 Å². The van der Waals surface area contributed by atoms with E-state index >= 15 is 0 Å². The molecule has 0 radical (unpaired) electrons. The van der Waals surface area contributed by atoms with Crippen molar-refractivity contribution in [1.82, 2.24) is 21.3 Å². The lowest BCUT2D eigenvalue weighted by molar-refractivity contribution is -0.150. The maximum atomic E-state index is 13.2. The third-order valence-corrected chi connectivity index (χ3v) is 5.49. The molecule has 4 N–H and O–H groups in total. The first-order valence-electron chi connectivity index (χ1n) is 9.19. The van der Waals surface area contributed by atoms with Crippen molar-refractivity contribution in [2.75, 3.05) is 0 Å². The van der Waals surface area contributed by atoms with Gasteiger partial charge in [0.1, 0.15) is 0 Å². The summed E-state index contributed by atoms with van der Waals surface area (Å²) >= 11 is 0. The lowest BCUT2D eigenvalue weighted by Crippen LogP contribution is -2.73. The van der Waals surface area contributed by atoms with Crippen LogP contribution in [0.25, 0.3) is 0 Å². The van der Waals surface area contributed by atoms with Crippen molar-refractivity contribution < 1.29 is 19.2 Å². The van der Waals surface area contributed by atoms with E-state index in [0.717, 1.165) is 11.1 Å². The highest BCUT2D eigenvalue weighted by molar-refractivity contribution is 6.21. The van der Waals surface area contributed by atoms with E-state index in [4.69, 9.17) is 0 Å². The van der Waals surface area contributed by atoms with Crippen molar-refractivity contribution in [3.05, 3.63) is 70.8 Å². The predicted octanol–water partition coefficient (Wildman–Crippen LogP) is 1.75. The monoisotopic (exact) mass is 392 g/mol. The van der Waals surface area contributed by atoms with Crippen LogP contribution in [0.1, 0.15) is 34.3 Å². The number of hydrogen-bond acceptors (Lipinski definition) is 4. The second-order valence-corrected chi connectivity index (χ2v) is 7.41. The summed E-state index contributed by atoms with van der Waals surface area (Å²) in [6.07, 6.45) is 0. The molecule has 2 aliphatic rings. The van der Waals surface area contributed by atoms with Gasteiger partial charge in [0.25, 0.3) is 0 Å². The molecule has 0 unspecified atom stereocenters. The largest absolute Gasteiger partial charge is 0.330 e. The smallest absolute Gasteiger partial charge is 0.328 e. The minimum absolute atomic E-state index is 0.510. The summed E-state index contributed by atoms with van der Waals surface area (Å²) < 4.78 is 0. The summed E-state index contributed by atoms with van der Waals surface area (Å²) in [6, 6.07) is 11.0. The van der Waals surface area contributed by atoms with Crippen LogP contribution in [-0.4, -0.2) is 23.9 Å². The first-order chi connectivity index (χ1) is 13.8. The summed E-state index contributed by atoms with van der Waals surface area (Å²) in [7, 11) is 0. The van der Waals surface area contributed by atoms with Crippen LogP contribution in [-0.2, 0) is 9.59 Å². The van der Waals surface area contributed by atoms with E-state index in [-0.39, 0.29) is 0 Å². The lowest BCUT2D eigenvalue weighted by Gasteiger charge is -2.48. The second-order valence-electron chi connectivity index (χ2n) is 7.41. The molecule has 6 amide bonds. The van der Waals surface area contributed by atoms with Crippen LogP contribution in [0.2, 0.25) is 0 Å². The number of benzene rings is 2. The Labute approximate surface area is 167 Å². The molecule has 2 aliphatic heterocycles. The number of rotatable bonds is 2. The number of hydrogen-bond donors (Lipinski definition) is 4. The van der Waals surface area contributed by atoms with Gasteiger partial charge in [-0.15, -0.1) is 0 Å². The Morgan fingerprint density at radius 2 is 1.00 bits per heavy atom. The molecule has 0 saturated carbocycles. The van der Waals surface area contributed by atoms with E-state index in [2.05, 4.69) is 21.3 Å². The molecule has 2 fully saturated rings. The second kappa shape index (κ2) is 6.73. The number of barbiturate groups is 1. The summed E-state index contributed by atoms with van der Waals surface area (Å²) in [4.78, 5) is 50.7. The third kappa shape index (κ3) is 2.93. The first-order valence-corrected chi connectivity index (χ1v) is 9.19. The fraction of sp³-hybridized carbons (Fsp3) is 0.238. The highest BCUT2D eigenvalue weighted by Crippen LogP contribution is 2.48. The number of aryl methyl sites for hydroxylation is 2. The minimum atomic E-state index is -1.80. The van der Waals surface area contributed by atoms with Crippen molar-refractivity contribution in [3.63, 3.8) is 0 Å². The molecule has 2 saturated heterocycles. The normalized spacial score (nSPS) is 23.1. The van der Waals surface area contributed by atoms with Crippen LogP contribution >= 0.6 is 0 Å². The molecule has 8 nitrogen and oxygen atoms in total. The molecule has 2 atom stereocenters. The van der Waals surface area contributed by atoms with E-state index in [1.807, 2.05) is 38.1 Å². The maximum Gasteiger partial charge on any atom is 0.328 e. The topological polar surface area (TPSA) is 116 Å². The van der Waals surface area contributed by atoms with E-state index in [9.17, 15) is 19.2 Å². The van der Waals surface area contributed by atoms with Gasteiger partial charge in [0.2, 0.25) is 11.8 Å². The summed E-state index contributed by atoms with van der Waals surface area (Å²) in [6.45, 7) is 3.82. The Hall–Kier alpha value is -3.68. The number of imide groups is 2. The molecule has 8 heteroatoms. The van der Waals surface area contributed by atoms with Crippen LogP contribution in [0.15, 0.2) is 48.5 Å². The number of urea groups is 2. The van der Waals surface area contributed by atoms with Crippen molar-refractivity contribution in [3.8, 4) is 0 Å². The van der Waals surface area contributed by atoms with Crippen molar-refractivity contribution in [2.45, 2.75) is 25.9 Å². The third-order valence-electron chi connectivity index (χ3n) is 5.49. The molecule has 0 bridgehead atoms. The average Bonchev–Trinajstić information content (AvgIpc) is 2.67. The molecule has 0 aromatic heterocycles. The lowest BCUT2D eigenvalue weighted by atomic mass is 9.65. The molecule has 148 valence electrons. The first kappa shape index (κ1) is 18.7. The zero-order valence-corrected chi connectivity index (χ0v) is 15.9. The summed E-state index contributed by atoms with van der Waals surface area (Å²) in [5.41, 5.74) is 1.35. The Morgan fingerprint density at radius 3 is 1.38 bits per heavy atom. The van der Waals surface area contributed by atoms with Gasteiger partial charge in [0, 0.05) is 0 Å². The maximum absolute atomic E-state index is 13.2. The van der Waals surface area contributed by atoms with Gasteiger partial charge in [0.05, 0.1) is 12.1 Å². The highest BCUT2D eigenvalue weighted by Gasteiger charge is 2.64. The fourth-order valence-electron chi connectivity index (χ4n) is 3.98. The van der Waals surface area contributed by atoms with Gasteiger partial charge in [-0.25, -0.2) is 9.59 Å². The van der Waals surface area contributed by atoms with Crippen LogP contribution in [0.3, 0.4) is 0 Å². The quantitative estimate of drug-likeness (QED) is 0.583. The molecular formula is C21H20N4O4. The van der Waals surface area contributed by atoms with Crippen molar-refractivity contribution >= 4 is 23.9 Å². The molecule has 4 rings (SSSR count). The van der Waals surface area contributed by atoms with Crippen LogP contribution in [0, 0.1) is 19.3 Å². The zero-order chi connectivity index (χ0) is 20.8. The Balaban J connectivity index is 1.93. The van der Waals surface area contributed by atoms with Crippen LogP contribution < -0.4 is 21.3 Å². The van der Waals surface area contributed by atoms with Crippen LogP contribution in [0.4, 0.5) is 9.59 Å². The van der Waals surface area contributed by atoms with Gasteiger partial charge in [-0.1, -0.05) is 59.7 Å². The van der Waals surface area contributed by atoms with Gasteiger partial charge < -0.3 is 10.6 Å². The molecule has 2 aromatic carbocycles.